The highest BCUT2D eigenvalue weighted by Gasteiger charge is 2.15. The Balaban J connectivity index is 0.00000288. The van der Waals surface area contributed by atoms with Crippen molar-refractivity contribution in [2.45, 2.75) is 56.9 Å². The predicted molar refractivity (Wildman–Crippen MR) is 106 cm³/mol. The number of carbonyl (C=O) groups is 1. The molecule has 24 heavy (non-hydrogen) atoms. The largest absolute Gasteiger partial charge is 0.348 e. The third-order valence-electron chi connectivity index (χ3n) is 4.34. The van der Waals surface area contributed by atoms with E-state index >= 15 is 0 Å². The Morgan fingerprint density at radius 1 is 1.21 bits per heavy atom. The number of piperidine rings is 1. The van der Waals surface area contributed by atoms with Crippen LogP contribution in [0.2, 0.25) is 0 Å². The van der Waals surface area contributed by atoms with Crippen molar-refractivity contribution in [3.8, 4) is 0 Å². The smallest absolute Gasteiger partial charge is 0.234 e. The van der Waals surface area contributed by atoms with E-state index in [1.807, 2.05) is 11.8 Å². The molecule has 0 saturated carbocycles. The van der Waals surface area contributed by atoms with Crippen molar-refractivity contribution in [1.82, 2.24) is 10.2 Å². The predicted octanol–water partition coefficient (Wildman–Crippen LogP) is 4.66. The van der Waals surface area contributed by atoms with Crippen LogP contribution in [0, 0.1) is 0 Å². The number of hydrogen-bond acceptors (Lipinski definition) is 3. The maximum absolute atomic E-state index is 12.2. The van der Waals surface area contributed by atoms with Gasteiger partial charge in [-0.25, -0.2) is 0 Å². The zero-order chi connectivity index (χ0) is 16.5. The Bertz CT molecular complexity index is 475. The number of likely N-dealkylation sites (tertiary alicyclic amines) is 1. The Kier molecular flexibility index (Phi) is 10.5. The van der Waals surface area contributed by atoms with Gasteiger partial charge in [0.15, 0.2) is 0 Å². The zero-order valence-corrected chi connectivity index (χ0v) is 16.6. The molecule has 1 aromatic rings. The average molecular weight is 371 g/mol. The second-order valence-electron chi connectivity index (χ2n) is 6.40. The van der Waals surface area contributed by atoms with E-state index in [4.69, 9.17) is 0 Å². The molecule has 3 nitrogen and oxygen atoms in total. The van der Waals surface area contributed by atoms with Gasteiger partial charge in [0.25, 0.3) is 0 Å². The van der Waals surface area contributed by atoms with E-state index in [2.05, 4.69) is 48.3 Å². The summed E-state index contributed by atoms with van der Waals surface area (Å²) in [4.78, 5) is 15.8. The van der Waals surface area contributed by atoms with Gasteiger partial charge in [-0.2, -0.15) is 0 Å². The van der Waals surface area contributed by atoms with Gasteiger partial charge < -0.3 is 5.32 Å². The molecule has 1 unspecified atom stereocenters. The molecule has 0 aromatic heterocycles. The Labute approximate surface area is 157 Å². The summed E-state index contributed by atoms with van der Waals surface area (Å²) in [7, 11) is 0. The number of amides is 1. The number of nitrogens with zero attached hydrogens (tertiary/aromatic N) is 1. The van der Waals surface area contributed by atoms with Crippen molar-refractivity contribution in [1.29, 1.82) is 0 Å². The van der Waals surface area contributed by atoms with Gasteiger partial charge in [0.2, 0.25) is 5.91 Å². The number of hydrogen-bond donors (Lipinski definition) is 1. The lowest BCUT2D eigenvalue weighted by molar-refractivity contribution is -0.123. The SMILES string of the molecule is CCCCSc1ccc(C(C)NC(=O)CN2CCCCC2)cc1.Cl. The van der Waals surface area contributed by atoms with E-state index in [0.29, 0.717) is 6.54 Å². The first-order valence-corrected chi connectivity index (χ1v) is 9.92. The summed E-state index contributed by atoms with van der Waals surface area (Å²) in [5.74, 6) is 1.32. The number of rotatable bonds is 8. The van der Waals surface area contributed by atoms with Gasteiger partial charge in [0, 0.05) is 4.90 Å². The van der Waals surface area contributed by atoms with Crippen LogP contribution in [0.4, 0.5) is 0 Å². The molecule has 5 heteroatoms. The summed E-state index contributed by atoms with van der Waals surface area (Å²) in [6.07, 6.45) is 6.25. The number of unbranched alkanes of at least 4 members (excludes halogenated alkanes) is 1. The molecule has 1 amide bonds. The minimum absolute atomic E-state index is 0. The fraction of sp³-hybridized carbons (Fsp3) is 0.632. The molecule has 1 atom stereocenters. The second kappa shape index (κ2) is 11.8. The van der Waals surface area contributed by atoms with E-state index in [0.717, 1.165) is 13.1 Å². The van der Waals surface area contributed by atoms with Crippen molar-refractivity contribution in [2.75, 3.05) is 25.4 Å². The highest BCUT2D eigenvalue weighted by molar-refractivity contribution is 7.99. The maximum Gasteiger partial charge on any atom is 0.234 e. The summed E-state index contributed by atoms with van der Waals surface area (Å²) in [5, 5.41) is 3.13. The molecule has 136 valence electrons. The van der Waals surface area contributed by atoms with Crippen LogP contribution in [0.1, 0.15) is 57.6 Å². The molecule has 0 spiro atoms. The van der Waals surface area contributed by atoms with E-state index in [9.17, 15) is 4.79 Å². The summed E-state index contributed by atoms with van der Waals surface area (Å²) < 4.78 is 0. The number of nitrogens with one attached hydrogen (secondary N) is 1. The molecule has 1 fully saturated rings. The van der Waals surface area contributed by atoms with Crippen LogP contribution in [-0.2, 0) is 4.79 Å². The van der Waals surface area contributed by atoms with Crippen LogP contribution in [0.3, 0.4) is 0 Å². The monoisotopic (exact) mass is 370 g/mol. The standard InChI is InChI=1S/C19H30N2OS.ClH/c1-3-4-14-23-18-10-8-17(9-11-18)16(2)20-19(22)15-21-12-6-5-7-13-21;/h8-11,16H,3-7,12-15H2,1-2H3,(H,20,22);1H. The first kappa shape index (κ1) is 21.3. The van der Waals surface area contributed by atoms with Crippen LogP contribution in [-0.4, -0.2) is 36.2 Å². The van der Waals surface area contributed by atoms with Crippen LogP contribution < -0.4 is 5.32 Å². The van der Waals surface area contributed by atoms with Gasteiger partial charge >= 0.3 is 0 Å². The van der Waals surface area contributed by atoms with E-state index in [-0.39, 0.29) is 24.4 Å². The molecule has 1 heterocycles. The quantitative estimate of drug-likeness (QED) is 0.533. The van der Waals surface area contributed by atoms with Gasteiger partial charge in [0.1, 0.15) is 0 Å². The second-order valence-corrected chi connectivity index (χ2v) is 7.57. The average Bonchev–Trinajstić information content (AvgIpc) is 2.56. The van der Waals surface area contributed by atoms with Gasteiger partial charge in [-0.15, -0.1) is 24.2 Å². The summed E-state index contributed by atoms with van der Waals surface area (Å²) in [5.41, 5.74) is 1.18. The Morgan fingerprint density at radius 3 is 2.50 bits per heavy atom. The molecule has 1 aliphatic rings. The lowest BCUT2D eigenvalue weighted by Gasteiger charge is -2.26. The fourth-order valence-electron chi connectivity index (χ4n) is 2.88. The van der Waals surface area contributed by atoms with Crippen molar-refractivity contribution in [3.05, 3.63) is 29.8 Å². The zero-order valence-electron chi connectivity index (χ0n) is 14.9. The molecule has 1 aliphatic heterocycles. The molecule has 1 saturated heterocycles. The van der Waals surface area contributed by atoms with Crippen LogP contribution in [0.15, 0.2) is 29.2 Å². The molecular weight excluding hydrogens is 340 g/mol. The van der Waals surface area contributed by atoms with Crippen molar-refractivity contribution in [2.24, 2.45) is 0 Å². The maximum atomic E-state index is 12.2. The fourth-order valence-corrected chi connectivity index (χ4v) is 3.88. The van der Waals surface area contributed by atoms with Gasteiger partial charge in [-0.1, -0.05) is 31.9 Å². The van der Waals surface area contributed by atoms with Crippen molar-refractivity contribution < 1.29 is 4.79 Å². The Hall–Kier alpha value is -0.710. The highest BCUT2D eigenvalue weighted by atomic mass is 35.5. The number of thioether (sulfide) groups is 1. The molecule has 0 aliphatic carbocycles. The topological polar surface area (TPSA) is 32.3 Å². The molecule has 1 N–H and O–H groups in total. The van der Waals surface area contributed by atoms with Gasteiger partial charge in [-0.05, 0) is 62.7 Å². The molecule has 1 aromatic carbocycles. The lowest BCUT2D eigenvalue weighted by atomic mass is 10.1. The van der Waals surface area contributed by atoms with Crippen LogP contribution in [0.5, 0.6) is 0 Å². The molecule has 0 radical (unpaired) electrons. The van der Waals surface area contributed by atoms with E-state index in [1.54, 1.807) is 0 Å². The van der Waals surface area contributed by atoms with Crippen LogP contribution >= 0.6 is 24.2 Å². The normalized spacial score (nSPS) is 16.2. The summed E-state index contributed by atoms with van der Waals surface area (Å²) in [6, 6.07) is 8.69. The molecule has 0 bridgehead atoms. The number of carbonyl (C=O) groups excluding carboxylic acids is 1. The van der Waals surface area contributed by atoms with E-state index < -0.39 is 0 Å². The highest BCUT2D eigenvalue weighted by Crippen LogP contribution is 2.22. The number of halogens is 1. The summed E-state index contributed by atoms with van der Waals surface area (Å²) >= 11 is 1.91. The van der Waals surface area contributed by atoms with Gasteiger partial charge in [0.05, 0.1) is 12.6 Å². The Morgan fingerprint density at radius 2 is 1.88 bits per heavy atom. The minimum Gasteiger partial charge on any atom is -0.348 e. The first-order chi connectivity index (χ1) is 11.2. The van der Waals surface area contributed by atoms with E-state index in [1.165, 1.54) is 48.3 Å². The van der Waals surface area contributed by atoms with Crippen molar-refractivity contribution >= 4 is 30.1 Å². The minimum atomic E-state index is 0. The third kappa shape index (κ3) is 7.45. The van der Waals surface area contributed by atoms with Crippen molar-refractivity contribution in [3.63, 3.8) is 0 Å². The lowest BCUT2D eigenvalue weighted by Crippen LogP contribution is -2.40. The van der Waals surface area contributed by atoms with Gasteiger partial charge in [-0.3, -0.25) is 9.69 Å². The molecule has 2 rings (SSSR count). The summed E-state index contributed by atoms with van der Waals surface area (Å²) in [6.45, 7) is 6.94. The van der Waals surface area contributed by atoms with Crippen LogP contribution in [0.25, 0.3) is 0 Å². The number of benzene rings is 1. The first-order valence-electron chi connectivity index (χ1n) is 8.93. The third-order valence-corrected chi connectivity index (χ3v) is 5.44. The molecular formula is C19H31ClN2OS.